The van der Waals surface area contributed by atoms with Crippen LogP contribution >= 0.6 is 0 Å². The number of hydrogen-bond donors (Lipinski definition) is 0. The summed E-state index contributed by atoms with van der Waals surface area (Å²) in [7, 11) is 0. The van der Waals surface area contributed by atoms with Gasteiger partial charge >= 0.3 is 0 Å². The van der Waals surface area contributed by atoms with Crippen LogP contribution in [0.25, 0.3) is 6.08 Å². The van der Waals surface area contributed by atoms with E-state index in [1.54, 1.807) is 24.3 Å². The number of carbonyl (C=O) groups excluding carboxylic acids is 3. The summed E-state index contributed by atoms with van der Waals surface area (Å²) in [5, 5.41) is 0. The number of ether oxygens (including phenoxy) is 2. The van der Waals surface area contributed by atoms with Crippen LogP contribution in [-0.4, -0.2) is 46.3 Å². The molecule has 3 heterocycles. The molecule has 0 saturated carbocycles. The average molecular weight is 403 g/mol. The lowest BCUT2D eigenvalue weighted by Crippen LogP contribution is -2.40. The van der Waals surface area contributed by atoms with Gasteiger partial charge < -0.3 is 9.47 Å². The van der Waals surface area contributed by atoms with Gasteiger partial charge in [-0.2, -0.15) is 0 Å². The van der Waals surface area contributed by atoms with Crippen molar-refractivity contribution in [3.8, 4) is 11.5 Å². The predicted molar refractivity (Wildman–Crippen MR) is 106 cm³/mol. The van der Waals surface area contributed by atoms with Crippen molar-refractivity contribution in [3.05, 3.63) is 65.4 Å². The van der Waals surface area contributed by atoms with Crippen LogP contribution in [0.4, 0.5) is 0 Å². The Labute approximate surface area is 172 Å². The fourth-order valence-corrected chi connectivity index (χ4v) is 3.80. The van der Waals surface area contributed by atoms with Crippen LogP contribution in [0.1, 0.15) is 18.1 Å². The Kier molecular flexibility index (Phi) is 4.13. The van der Waals surface area contributed by atoms with Crippen LogP contribution in [0.3, 0.4) is 0 Å². The van der Waals surface area contributed by atoms with Gasteiger partial charge in [0.1, 0.15) is 11.7 Å². The lowest BCUT2D eigenvalue weighted by atomic mass is 10.0. The third-order valence-electron chi connectivity index (χ3n) is 5.19. The highest BCUT2D eigenvalue weighted by Gasteiger charge is 2.52. The Morgan fingerprint density at radius 2 is 1.90 bits per heavy atom. The molecule has 1 atom stereocenters. The minimum atomic E-state index is -0.792. The maximum atomic E-state index is 13.0. The summed E-state index contributed by atoms with van der Waals surface area (Å²) < 4.78 is 10.6. The van der Waals surface area contributed by atoms with Crippen LogP contribution in [0.2, 0.25) is 0 Å². The highest BCUT2D eigenvalue weighted by molar-refractivity contribution is 6.29. The van der Waals surface area contributed by atoms with E-state index in [-0.39, 0.29) is 24.4 Å². The van der Waals surface area contributed by atoms with Crippen molar-refractivity contribution in [3.63, 3.8) is 0 Å². The minimum Gasteiger partial charge on any atom is -0.454 e. The van der Waals surface area contributed by atoms with Crippen molar-refractivity contribution in [1.82, 2.24) is 9.80 Å². The lowest BCUT2D eigenvalue weighted by Gasteiger charge is -2.19. The van der Waals surface area contributed by atoms with Crippen molar-refractivity contribution < 1.29 is 23.9 Å². The fraction of sp³-hybridized carbons (Fsp3) is 0.182. The van der Waals surface area contributed by atoms with E-state index in [4.69, 9.17) is 9.47 Å². The van der Waals surface area contributed by atoms with E-state index in [1.807, 2.05) is 30.3 Å². The number of rotatable bonds is 3. The van der Waals surface area contributed by atoms with Crippen molar-refractivity contribution in [2.24, 2.45) is 4.99 Å². The second kappa shape index (κ2) is 6.84. The molecule has 150 valence electrons. The fourth-order valence-electron chi connectivity index (χ4n) is 3.80. The summed E-state index contributed by atoms with van der Waals surface area (Å²) in [5.74, 6) is -0.0784. The van der Waals surface area contributed by atoms with E-state index in [1.165, 1.54) is 11.8 Å². The Morgan fingerprint density at radius 1 is 1.13 bits per heavy atom. The standard InChI is InChI=1S/C22H17N3O5/c1-13(26)24-17(10-14-5-3-2-4-6-14)21(28)25-20(27)16(23-22(24)25)9-15-7-8-18-19(11-15)30-12-29-18/h2-9,11,17H,10,12H2,1H3/b16-9-/t17-/m0/s1. The largest absolute Gasteiger partial charge is 0.454 e. The van der Waals surface area contributed by atoms with E-state index < -0.39 is 17.9 Å². The number of benzene rings is 2. The van der Waals surface area contributed by atoms with Gasteiger partial charge in [-0.15, -0.1) is 0 Å². The SMILES string of the molecule is CC(=O)N1C2=N/C(=C\c3ccc4c(c3)OCO4)C(=O)N2C(=O)[C@@H]1Cc1ccccc1. The lowest BCUT2D eigenvalue weighted by molar-refractivity contribution is -0.138. The predicted octanol–water partition coefficient (Wildman–Crippen LogP) is 1.95. The van der Waals surface area contributed by atoms with Gasteiger partial charge in [0.05, 0.1) is 0 Å². The monoisotopic (exact) mass is 403 g/mol. The number of fused-ring (bicyclic) bond motifs is 2. The number of hydrogen-bond acceptors (Lipinski definition) is 6. The highest BCUT2D eigenvalue weighted by atomic mass is 16.7. The zero-order chi connectivity index (χ0) is 20.8. The van der Waals surface area contributed by atoms with Gasteiger partial charge in [-0.1, -0.05) is 36.4 Å². The molecule has 8 nitrogen and oxygen atoms in total. The van der Waals surface area contributed by atoms with Crippen LogP contribution in [0, 0.1) is 0 Å². The highest BCUT2D eigenvalue weighted by Crippen LogP contribution is 2.34. The minimum absolute atomic E-state index is 0.0606. The molecule has 30 heavy (non-hydrogen) atoms. The van der Waals surface area contributed by atoms with Gasteiger partial charge in [-0.3, -0.25) is 19.3 Å². The topological polar surface area (TPSA) is 88.5 Å². The molecule has 2 aromatic rings. The summed E-state index contributed by atoms with van der Waals surface area (Å²) in [6.07, 6.45) is 1.87. The number of imide groups is 1. The molecule has 0 bridgehead atoms. The first-order valence-electron chi connectivity index (χ1n) is 9.45. The molecular weight excluding hydrogens is 386 g/mol. The number of carbonyl (C=O) groups is 3. The maximum absolute atomic E-state index is 13.0. The molecule has 0 unspecified atom stereocenters. The zero-order valence-electron chi connectivity index (χ0n) is 16.1. The van der Waals surface area contributed by atoms with E-state index in [0.29, 0.717) is 23.5 Å². The van der Waals surface area contributed by atoms with E-state index in [9.17, 15) is 14.4 Å². The molecule has 3 aliphatic rings. The molecule has 5 rings (SSSR count). The van der Waals surface area contributed by atoms with Crippen LogP contribution in [0.5, 0.6) is 11.5 Å². The van der Waals surface area contributed by atoms with E-state index >= 15 is 0 Å². The molecule has 3 aliphatic heterocycles. The van der Waals surface area contributed by atoms with Crippen LogP contribution < -0.4 is 9.47 Å². The maximum Gasteiger partial charge on any atom is 0.286 e. The summed E-state index contributed by atoms with van der Waals surface area (Å²) >= 11 is 0. The molecule has 0 aromatic heterocycles. The Morgan fingerprint density at radius 3 is 2.67 bits per heavy atom. The first kappa shape index (κ1) is 18.1. The molecule has 3 amide bonds. The normalized spacial score (nSPS) is 20.8. The molecule has 0 radical (unpaired) electrons. The van der Waals surface area contributed by atoms with Gasteiger partial charge in [-0.05, 0) is 29.3 Å². The average Bonchev–Trinajstić information content (AvgIpc) is 3.39. The molecule has 2 aromatic carbocycles. The summed E-state index contributed by atoms with van der Waals surface area (Å²) in [6, 6.07) is 13.8. The Balaban J connectivity index is 1.49. The van der Waals surface area contributed by atoms with Crippen molar-refractivity contribution in [2.75, 3.05) is 6.79 Å². The van der Waals surface area contributed by atoms with Gasteiger partial charge in [-0.25, -0.2) is 9.89 Å². The van der Waals surface area contributed by atoms with E-state index in [2.05, 4.69) is 4.99 Å². The molecule has 0 N–H and O–H groups in total. The van der Waals surface area contributed by atoms with Gasteiger partial charge in [0.2, 0.25) is 18.7 Å². The van der Waals surface area contributed by atoms with Crippen molar-refractivity contribution in [2.45, 2.75) is 19.4 Å². The third-order valence-corrected chi connectivity index (χ3v) is 5.19. The van der Waals surface area contributed by atoms with Gasteiger partial charge in [0, 0.05) is 13.3 Å². The number of guanidine groups is 1. The first-order chi connectivity index (χ1) is 14.5. The number of nitrogens with zero attached hydrogens (tertiary/aromatic N) is 3. The molecular formula is C22H17N3O5. The van der Waals surface area contributed by atoms with Gasteiger partial charge in [0.25, 0.3) is 11.8 Å². The van der Waals surface area contributed by atoms with Gasteiger partial charge in [0.15, 0.2) is 11.5 Å². The molecule has 1 fully saturated rings. The molecule has 0 aliphatic carbocycles. The smallest absolute Gasteiger partial charge is 0.286 e. The second-order valence-electron chi connectivity index (χ2n) is 7.13. The van der Waals surface area contributed by atoms with Crippen LogP contribution in [0.15, 0.2) is 59.2 Å². The van der Waals surface area contributed by atoms with E-state index in [0.717, 1.165) is 10.5 Å². The van der Waals surface area contributed by atoms with Crippen LogP contribution in [-0.2, 0) is 20.8 Å². The second-order valence-corrected chi connectivity index (χ2v) is 7.13. The Bertz CT molecular complexity index is 1140. The quantitative estimate of drug-likeness (QED) is 0.577. The molecule has 1 saturated heterocycles. The number of aliphatic imine (C=N–C) groups is 1. The number of amides is 3. The Hall–Kier alpha value is -3.94. The van der Waals surface area contributed by atoms with Crippen molar-refractivity contribution >= 4 is 29.8 Å². The summed E-state index contributed by atoms with van der Waals surface area (Å²) in [4.78, 5) is 44.9. The zero-order valence-corrected chi connectivity index (χ0v) is 16.1. The first-order valence-corrected chi connectivity index (χ1v) is 9.45. The summed E-state index contributed by atoms with van der Waals surface area (Å²) in [6.45, 7) is 1.51. The third kappa shape index (κ3) is 2.85. The molecule has 0 spiro atoms. The molecule has 8 heteroatoms. The summed E-state index contributed by atoms with van der Waals surface area (Å²) in [5.41, 5.74) is 1.66. The van der Waals surface area contributed by atoms with Crippen molar-refractivity contribution in [1.29, 1.82) is 0 Å².